The first-order chi connectivity index (χ1) is 52.0. The van der Waals surface area contributed by atoms with Crippen molar-refractivity contribution in [1.82, 2.24) is 0 Å². The molecule has 7 aliphatic heterocycles. The molecule has 42 atom stereocenters. The molecule has 0 aromatic heterocycles. The first-order valence-corrected chi connectivity index (χ1v) is 38.2. The summed E-state index contributed by atoms with van der Waals surface area (Å²) in [5, 5.41) is 290. The fraction of sp³-hybridized carbons (Fsp3) is 0.958. The number of fused-ring (bicyclic) bond motifs is 7. The molecule has 0 amide bonds. The lowest BCUT2D eigenvalue weighted by atomic mass is 9.33. The van der Waals surface area contributed by atoms with Crippen molar-refractivity contribution in [2.75, 3.05) is 39.6 Å². The molecule has 0 radical (unpaired) electrons. The Morgan fingerprint density at radius 2 is 1.07 bits per heavy atom. The van der Waals surface area contributed by atoms with E-state index in [0.29, 0.717) is 44.9 Å². The van der Waals surface area contributed by atoms with Crippen LogP contribution >= 0.6 is 0 Å². The highest BCUT2D eigenvalue weighted by Gasteiger charge is 2.73. The van der Waals surface area contributed by atoms with Crippen molar-refractivity contribution in [3.63, 3.8) is 0 Å². The zero-order valence-electron chi connectivity index (χ0n) is 63.2. The van der Waals surface area contributed by atoms with Crippen molar-refractivity contribution in [2.45, 2.75) is 333 Å². The number of carbonyl (C=O) groups excluding carboxylic acids is 1. The maximum atomic E-state index is 15.5. The van der Waals surface area contributed by atoms with Crippen LogP contribution in [-0.2, 0) is 71.1 Å². The van der Waals surface area contributed by atoms with Gasteiger partial charge in [-0.3, -0.25) is 9.53 Å². The fourth-order valence-electron chi connectivity index (χ4n) is 20.8. The number of hydrogen-bond acceptors (Lipinski definition) is 41. The summed E-state index contributed by atoms with van der Waals surface area (Å²) < 4.78 is 81.2. The Balaban J connectivity index is 0.796. The first kappa shape index (κ1) is 88.9. The van der Waals surface area contributed by atoms with Gasteiger partial charge in [0, 0.05) is 0 Å². The average molecular weight is 1630 g/mol. The van der Waals surface area contributed by atoms with Crippen LogP contribution in [0.1, 0.15) is 120 Å². The largest absolute Gasteiger partial charge is 0.405 e. The zero-order chi connectivity index (χ0) is 82.6. The third-order valence-electron chi connectivity index (χ3n) is 27.8. The van der Waals surface area contributed by atoms with E-state index < -0.39 is 292 Å². The van der Waals surface area contributed by atoms with Crippen LogP contribution in [-0.4, -0.2) is 392 Å². The van der Waals surface area contributed by atoms with Crippen molar-refractivity contribution in [3.05, 3.63) is 11.6 Å². The third kappa shape index (κ3) is 14.5. The molecule has 4 saturated carbocycles. The summed E-state index contributed by atoms with van der Waals surface area (Å²) in [4.78, 5) is 15.5. The van der Waals surface area contributed by atoms with E-state index in [-0.39, 0.29) is 36.5 Å². The molecule has 41 nitrogen and oxygen atoms in total. The molecular formula is C71H116O41. The predicted octanol–water partition coefficient (Wildman–Crippen LogP) is -10.3. The second kappa shape index (κ2) is 31.6. The highest BCUT2D eigenvalue weighted by Crippen LogP contribution is 2.76. The molecule has 26 N–H and O–H groups in total. The van der Waals surface area contributed by atoms with Crippen molar-refractivity contribution < 1.29 is 204 Å². The molecule has 0 aromatic carbocycles. The van der Waals surface area contributed by atoms with Crippen LogP contribution < -0.4 is 0 Å². The smallest absolute Gasteiger partial charge is 0.357 e. The van der Waals surface area contributed by atoms with Crippen LogP contribution in [0, 0.1) is 50.2 Å². The third-order valence-corrected chi connectivity index (χ3v) is 27.8. The molecule has 5 aliphatic carbocycles. The Morgan fingerprint density at radius 3 is 1.71 bits per heavy atom. The average Bonchev–Trinajstić information content (AvgIpc) is 0.674. The molecule has 112 heavy (non-hydrogen) atoms. The van der Waals surface area contributed by atoms with Gasteiger partial charge in [-0.05, 0) is 116 Å². The molecule has 12 aliphatic rings. The van der Waals surface area contributed by atoms with Crippen LogP contribution in [0.25, 0.3) is 0 Å². The number of aliphatic hydroxyl groups excluding tert-OH is 22. The standard InChI is InChI=1S/C71H116O41/c1-26-38(77)42(81)46(85)58(101-26)104-49-32(22-74)106-68(96,54(90)47(49)86)100-25-34-41(80)44(83)53(89)70(98,107-34)111-60(94)66-17-15-61(2,3)19-28(66)27-9-10-36-63(6)13-12-37(62(4,5)35(63)11-14-65(36,8)64(27,7)16-18-66)103-59-50(109-69(97)52(88)43(82)39(78)30(20-72)105-69)48(29(76)24-99-59)110-71(55(91)45(84)40(79)31(21-73)108-71)112-67(95)51(87)33(23-75)102-57(93)56(67)92/h9,26,28-59,72-93,95-98H,10-25H2,1-8H3/t26-,28+,29+,30?,31?,32?,33?,34?,35?,36?,37+,38-,39-,40-,41-,42+,43?,44?,45?,46+,47?,48?,49-,50+,51-,52+,53+,54+,55+,56-,57+,58?,59+,63+,64-,65-,66+,67?,68+,69-,70-,71+/m1/s1. The Labute approximate surface area is 642 Å². The number of carbonyl (C=O) groups is 1. The number of aliphatic hydroxyl groups is 26. The summed E-state index contributed by atoms with van der Waals surface area (Å²) >= 11 is 0. The minimum absolute atomic E-state index is 0.102. The van der Waals surface area contributed by atoms with Crippen LogP contribution in [0.2, 0.25) is 0 Å². The highest BCUT2D eigenvalue weighted by molar-refractivity contribution is 5.79. The van der Waals surface area contributed by atoms with Gasteiger partial charge in [0.15, 0.2) is 49.4 Å². The lowest BCUT2D eigenvalue weighted by Crippen LogP contribution is -2.76. The molecule has 14 unspecified atom stereocenters. The van der Waals surface area contributed by atoms with Crippen LogP contribution in [0.5, 0.6) is 0 Å². The zero-order valence-corrected chi connectivity index (χ0v) is 63.2. The number of ether oxygens (including phenoxy) is 14. The van der Waals surface area contributed by atoms with E-state index in [2.05, 4.69) is 40.7 Å². The molecule has 646 valence electrons. The molecule has 12 rings (SSSR count). The van der Waals surface area contributed by atoms with Crippen molar-refractivity contribution in [1.29, 1.82) is 0 Å². The van der Waals surface area contributed by atoms with E-state index in [4.69, 9.17) is 66.3 Å². The Bertz CT molecular complexity index is 3300. The summed E-state index contributed by atoms with van der Waals surface area (Å²) in [6.07, 6.45) is -58.0. The minimum Gasteiger partial charge on any atom is -0.405 e. The van der Waals surface area contributed by atoms with Crippen LogP contribution in [0.3, 0.4) is 0 Å². The summed E-state index contributed by atoms with van der Waals surface area (Å²) in [6.45, 7) is 9.33. The summed E-state index contributed by atoms with van der Waals surface area (Å²) in [5.41, 5.74) is -3.50. The van der Waals surface area contributed by atoms with E-state index in [1.807, 2.05) is 13.8 Å². The van der Waals surface area contributed by atoms with E-state index in [1.165, 1.54) is 6.92 Å². The number of rotatable bonds is 19. The molecule has 11 fully saturated rings. The van der Waals surface area contributed by atoms with Gasteiger partial charge in [0.1, 0.15) is 122 Å². The van der Waals surface area contributed by atoms with Crippen LogP contribution in [0.15, 0.2) is 11.6 Å². The Kier molecular flexibility index (Phi) is 25.1. The number of allylic oxidation sites excluding steroid dienone is 2. The molecule has 0 spiro atoms. The van der Waals surface area contributed by atoms with Gasteiger partial charge in [-0.1, -0.05) is 60.1 Å². The predicted molar refractivity (Wildman–Crippen MR) is 359 cm³/mol. The normalized spacial score (nSPS) is 55.6. The lowest BCUT2D eigenvalue weighted by Gasteiger charge is -2.71. The SMILES string of the molecule is C[C@H]1OC(O[C@@H]2C(CO)O[C@@](O)(OCC3O[C@@](O)(OC(=O)[C@]45CCC(C)(C)C[C@H]4C4=CCC6[C@@]7(C)CC[C@H](O[C@@H]8OC[C@H](O)C(O[C@@]9(OC%10(O)[C@H](O)C(CO)O[C@H](O)[C@H]%10O)OC(CO)[C@@H](O)C(O)[C@@H]9O)[C@@H]8O[C@]8(O)OC(CO)[C@@H](O)C(O)[C@@H]8O)C(C)(C)C7CC[C@@]6(C)[C@]4(C)CC5)[C@@H](O)C(O)[C@@H]3O)[C@@H](O)C2O)[C@@H](O)[C@@H](O)[C@@H]1O. The van der Waals surface area contributed by atoms with Gasteiger partial charge < -0.3 is 194 Å². The van der Waals surface area contributed by atoms with Crippen molar-refractivity contribution >= 4 is 5.97 Å². The van der Waals surface area contributed by atoms with E-state index in [0.717, 1.165) is 5.57 Å². The second-order valence-corrected chi connectivity index (χ2v) is 35.1. The van der Waals surface area contributed by atoms with Gasteiger partial charge in [-0.15, -0.1) is 0 Å². The molecule has 0 aromatic rings. The maximum Gasteiger partial charge on any atom is 0.357 e. The number of hydrogen-bond donors (Lipinski definition) is 26. The fourth-order valence-corrected chi connectivity index (χ4v) is 20.8. The molecule has 41 heteroatoms. The molecule has 7 saturated heterocycles. The Hall–Kier alpha value is -2.35. The van der Waals surface area contributed by atoms with Gasteiger partial charge >= 0.3 is 29.9 Å². The molecular weight excluding hydrogens is 1510 g/mol. The van der Waals surface area contributed by atoms with E-state index in [9.17, 15) is 133 Å². The van der Waals surface area contributed by atoms with Gasteiger partial charge in [-0.25, -0.2) is 0 Å². The minimum atomic E-state index is -3.71. The highest BCUT2D eigenvalue weighted by atomic mass is 16.9. The summed E-state index contributed by atoms with van der Waals surface area (Å²) in [6, 6.07) is 0. The summed E-state index contributed by atoms with van der Waals surface area (Å²) in [7, 11) is 0. The monoisotopic (exact) mass is 1620 g/mol. The van der Waals surface area contributed by atoms with Gasteiger partial charge in [0.2, 0.25) is 5.79 Å². The topological polar surface area (TPSA) is 672 Å². The van der Waals surface area contributed by atoms with E-state index in [1.54, 1.807) is 0 Å². The van der Waals surface area contributed by atoms with Crippen molar-refractivity contribution in [3.8, 4) is 0 Å². The maximum absolute atomic E-state index is 15.5. The quantitative estimate of drug-likeness (QED) is 0.0247. The van der Waals surface area contributed by atoms with Gasteiger partial charge in [0.05, 0.1) is 57.3 Å². The van der Waals surface area contributed by atoms with Crippen molar-refractivity contribution in [2.24, 2.45) is 50.2 Å². The van der Waals surface area contributed by atoms with Crippen LogP contribution in [0.4, 0.5) is 0 Å². The second-order valence-electron chi connectivity index (χ2n) is 35.1. The molecule has 7 heterocycles. The first-order valence-electron chi connectivity index (χ1n) is 38.2. The Morgan fingerprint density at radius 1 is 0.500 bits per heavy atom. The van der Waals surface area contributed by atoms with Gasteiger partial charge in [0.25, 0.3) is 0 Å². The lowest BCUT2D eigenvalue weighted by molar-refractivity contribution is -0.548. The van der Waals surface area contributed by atoms with E-state index >= 15 is 4.79 Å². The van der Waals surface area contributed by atoms with Gasteiger partial charge in [-0.2, -0.15) is 0 Å². The molecule has 0 bridgehead atoms. The summed E-state index contributed by atoms with van der Waals surface area (Å²) in [5.74, 6) is -19.7. The number of esters is 1.